The van der Waals surface area contributed by atoms with Gasteiger partial charge in [-0.3, -0.25) is 9.63 Å². The molecule has 0 rings (SSSR count). The van der Waals surface area contributed by atoms with Gasteiger partial charge < -0.3 is 4.84 Å². The molecule has 0 saturated carbocycles. The van der Waals surface area contributed by atoms with Crippen LogP contribution in [0.1, 0.15) is 53.4 Å². The van der Waals surface area contributed by atoms with Crippen LogP contribution in [0.2, 0.25) is 0 Å². The first-order valence-corrected chi connectivity index (χ1v) is 8.63. The van der Waals surface area contributed by atoms with Crippen LogP contribution < -0.4 is 5.48 Å². The Bertz CT molecular complexity index is 207. The molecule has 0 saturated heterocycles. The largest absolute Gasteiger partial charge is 0.302 e. The van der Waals surface area contributed by atoms with Crippen molar-refractivity contribution in [3.8, 4) is 0 Å². The lowest BCUT2D eigenvalue weighted by Crippen LogP contribution is -2.33. The topological polar surface area (TPSA) is 50.8 Å². The number of hydrogen-bond acceptors (Lipinski definition) is 4. The van der Waals surface area contributed by atoms with E-state index in [2.05, 4.69) is 35.3 Å². The van der Waals surface area contributed by atoms with Gasteiger partial charge in [-0.15, -0.1) is 12.4 Å². The summed E-state index contributed by atoms with van der Waals surface area (Å²) in [5.74, 6) is -0.00898. The van der Waals surface area contributed by atoms with E-state index in [1.165, 1.54) is 5.06 Å². The molecular formula is C14H32BrClN2O3. The minimum absolute atomic E-state index is 0. The van der Waals surface area contributed by atoms with E-state index in [-0.39, 0.29) is 18.3 Å². The molecule has 0 fully saturated rings. The molecule has 0 aromatic rings. The van der Waals surface area contributed by atoms with E-state index < -0.39 is 0 Å². The molecule has 7 heteroatoms. The zero-order valence-corrected chi connectivity index (χ0v) is 16.2. The van der Waals surface area contributed by atoms with Crippen LogP contribution in [0.4, 0.5) is 0 Å². The fourth-order valence-electron chi connectivity index (χ4n) is 1.08. The first kappa shape index (κ1) is 26.0. The molecule has 0 aliphatic rings. The monoisotopic (exact) mass is 390 g/mol. The van der Waals surface area contributed by atoms with Crippen molar-refractivity contribution >= 4 is 34.2 Å². The summed E-state index contributed by atoms with van der Waals surface area (Å²) in [6.45, 7) is 11.3. The second-order valence-electron chi connectivity index (χ2n) is 4.21. The Balaban J connectivity index is -0.000000317. The minimum Gasteiger partial charge on any atom is -0.302 e. The van der Waals surface area contributed by atoms with Gasteiger partial charge in [0.25, 0.3) is 5.91 Å². The lowest BCUT2D eigenvalue weighted by Gasteiger charge is -2.19. The number of hydroxylamine groups is 3. The van der Waals surface area contributed by atoms with Crippen molar-refractivity contribution in [2.75, 3.05) is 31.6 Å². The maximum atomic E-state index is 11.2. The van der Waals surface area contributed by atoms with E-state index in [0.717, 1.165) is 38.8 Å². The van der Waals surface area contributed by atoms with Gasteiger partial charge >= 0.3 is 0 Å². The van der Waals surface area contributed by atoms with Crippen LogP contribution in [0.15, 0.2) is 0 Å². The molecule has 0 bridgehead atoms. The first-order valence-electron chi connectivity index (χ1n) is 7.51. The van der Waals surface area contributed by atoms with E-state index in [9.17, 15) is 4.79 Å². The SMILES string of the molecule is CCCNOCCC.CCCON(CCC)C(=O)CBr.Cl. The van der Waals surface area contributed by atoms with Gasteiger partial charge in [0.15, 0.2) is 0 Å². The van der Waals surface area contributed by atoms with Gasteiger partial charge in [-0.2, -0.15) is 0 Å². The summed E-state index contributed by atoms with van der Waals surface area (Å²) in [7, 11) is 0. The third-order valence-corrected chi connectivity index (χ3v) is 2.51. The molecule has 0 aliphatic heterocycles. The van der Waals surface area contributed by atoms with E-state index in [1.54, 1.807) is 0 Å². The summed E-state index contributed by atoms with van der Waals surface area (Å²) in [4.78, 5) is 21.4. The Kier molecular flexibility index (Phi) is 27.8. The zero-order chi connectivity index (χ0) is 15.6. The van der Waals surface area contributed by atoms with Crippen LogP contribution in [0.3, 0.4) is 0 Å². The van der Waals surface area contributed by atoms with Crippen molar-refractivity contribution in [1.29, 1.82) is 0 Å². The number of rotatable bonds is 11. The van der Waals surface area contributed by atoms with Gasteiger partial charge in [-0.05, 0) is 25.7 Å². The van der Waals surface area contributed by atoms with Crippen molar-refractivity contribution in [3.05, 3.63) is 0 Å². The predicted molar refractivity (Wildman–Crippen MR) is 93.8 cm³/mol. The number of hydrogen-bond donors (Lipinski definition) is 1. The predicted octanol–water partition coefficient (Wildman–Crippen LogP) is 3.71. The molecule has 1 amide bonds. The van der Waals surface area contributed by atoms with Crippen molar-refractivity contribution < 1.29 is 14.5 Å². The number of amides is 1. The molecule has 21 heavy (non-hydrogen) atoms. The fraction of sp³-hybridized carbons (Fsp3) is 0.929. The van der Waals surface area contributed by atoms with Gasteiger partial charge in [0.1, 0.15) is 0 Å². The highest BCUT2D eigenvalue weighted by molar-refractivity contribution is 9.09. The number of carbonyl (C=O) groups excluding carboxylic acids is 1. The molecule has 0 aromatic carbocycles. The molecule has 1 N–H and O–H groups in total. The standard InChI is InChI=1S/C8H16BrNO2.C6H15NO.ClH/c1-3-5-10(8(11)7-9)12-6-4-2;1-3-5-7-8-6-4-2;/h3-7H2,1-2H3;7H,3-6H2,1-2H3;1H. The molecule has 0 atom stereocenters. The van der Waals surface area contributed by atoms with Gasteiger partial charge in [-0.1, -0.05) is 43.6 Å². The maximum absolute atomic E-state index is 11.2. The summed E-state index contributed by atoms with van der Waals surface area (Å²) < 4.78 is 0. The Morgan fingerprint density at radius 1 is 1.05 bits per heavy atom. The van der Waals surface area contributed by atoms with Crippen LogP contribution >= 0.6 is 28.3 Å². The Morgan fingerprint density at radius 3 is 2.10 bits per heavy atom. The maximum Gasteiger partial charge on any atom is 0.256 e. The van der Waals surface area contributed by atoms with Crippen LogP contribution in [-0.4, -0.2) is 42.6 Å². The molecule has 0 aromatic heterocycles. The van der Waals surface area contributed by atoms with Crippen LogP contribution in [-0.2, 0) is 14.5 Å². The molecule has 130 valence electrons. The summed E-state index contributed by atoms with van der Waals surface area (Å²) in [5, 5.41) is 1.76. The van der Waals surface area contributed by atoms with Gasteiger partial charge in [0.2, 0.25) is 0 Å². The third-order valence-electron chi connectivity index (χ3n) is 2.03. The third kappa shape index (κ3) is 20.1. The van der Waals surface area contributed by atoms with Crippen molar-refractivity contribution in [2.45, 2.75) is 53.4 Å². The normalized spacial score (nSPS) is 9.38. The van der Waals surface area contributed by atoms with Crippen molar-refractivity contribution in [2.24, 2.45) is 0 Å². The number of nitrogens with one attached hydrogen (secondary N) is 1. The second-order valence-corrected chi connectivity index (χ2v) is 4.77. The quantitative estimate of drug-likeness (QED) is 0.331. The molecule has 0 spiro atoms. The lowest BCUT2D eigenvalue weighted by atomic mass is 10.4. The highest BCUT2D eigenvalue weighted by Crippen LogP contribution is 1.98. The summed E-state index contributed by atoms with van der Waals surface area (Å²) in [6.07, 6.45) is 4.05. The molecule has 5 nitrogen and oxygen atoms in total. The summed E-state index contributed by atoms with van der Waals surface area (Å²) >= 11 is 3.11. The van der Waals surface area contributed by atoms with Crippen molar-refractivity contribution in [3.63, 3.8) is 0 Å². The van der Waals surface area contributed by atoms with Gasteiger partial charge in [0, 0.05) is 13.1 Å². The van der Waals surface area contributed by atoms with Crippen LogP contribution in [0.25, 0.3) is 0 Å². The highest BCUT2D eigenvalue weighted by Gasteiger charge is 2.10. The average Bonchev–Trinajstić information content (AvgIpc) is 2.48. The number of halogens is 2. The van der Waals surface area contributed by atoms with Crippen LogP contribution in [0, 0.1) is 0 Å². The average molecular weight is 392 g/mol. The van der Waals surface area contributed by atoms with E-state index in [4.69, 9.17) is 9.68 Å². The number of alkyl halides is 1. The first-order chi connectivity index (χ1) is 9.67. The van der Waals surface area contributed by atoms with Gasteiger partial charge in [0.05, 0.1) is 18.5 Å². The highest BCUT2D eigenvalue weighted by atomic mass is 79.9. The lowest BCUT2D eigenvalue weighted by molar-refractivity contribution is -0.183. The molecule has 0 heterocycles. The number of carbonyl (C=O) groups is 1. The number of nitrogens with zero attached hydrogens (tertiary/aromatic N) is 1. The van der Waals surface area contributed by atoms with Gasteiger partial charge in [-0.25, -0.2) is 10.5 Å². The van der Waals surface area contributed by atoms with Crippen LogP contribution in [0.5, 0.6) is 0 Å². The van der Waals surface area contributed by atoms with Crippen molar-refractivity contribution in [1.82, 2.24) is 10.5 Å². The fourth-order valence-corrected chi connectivity index (χ4v) is 1.36. The Hall–Kier alpha value is 0.120. The van der Waals surface area contributed by atoms with E-state index >= 15 is 0 Å². The summed E-state index contributed by atoms with van der Waals surface area (Å²) in [5.41, 5.74) is 2.84. The smallest absolute Gasteiger partial charge is 0.256 e. The Morgan fingerprint density at radius 2 is 1.67 bits per heavy atom. The Labute approximate surface area is 144 Å². The van der Waals surface area contributed by atoms with E-state index in [0.29, 0.717) is 18.5 Å². The summed E-state index contributed by atoms with van der Waals surface area (Å²) in [6, 6.07) is 0. The minimum atomic E-state index is -0.00898. The zero-order valence-electron chi connectivity index (χ0n) is 13.8. The molecule has 0 aliphatic carbocycles. The molecule has 0 radical (unpaired) electrons. The molecule has 0 unspecified atom stereocenters. The second kappa shape index (κ2) is 22.4. The van der Waals surface area contributed by atoms with E-state index in [1.807, 2.05) is 13.8 Å². The molecular weight excluding hydrogens is 360 g/mol.